The van der Waals surface area contributed by atoms with Crippen LogP contribution in [-0.4, -0.2) is 24.2 Å². The van der Waals surface area contributed by atoms with Gasteiger partial charge in [-0.1, -0.05) is 12.1 Å². The maximum absolute atomic E-state index is 5.80. The summed E-state index contributed by atoms with van der Waals surface area (Å²) < 4.78 is 5.37. The number of nitrogens with zero attached hydrogens (tertiary/aromatic N) is 1. The third kappa shape index (κ3) is 1.88. The van der Waals surface area contributed by atoms with E-state index in [1.165, 1.54) is 0 Å². The molecule has 4 heteroatoms. The molecule has 1 saturated carbocycles. The van der Waals surface area contributed by atoms with Gasteiger partial charge in [0.2, 0.25) is 0 Å². The number of nitrogens with one attached hydrogen (secondary N) is 1. The Morgan fingerprint density at radius 3 is 2.83 bits per heavy atom. The summed E-state index contributed by atoms with van der Waals surface area (Å²) >= 11 is 0. The molecule has 0 amide bonds. The molecule has 1 aliphatic carbocycles. The number of ether oxygens (including phenoxy) is 1. The average molecular weight is 243 g/mol. The number of pyridine rings is 1. The first-order valence-corrected chi connectivity index (χ1v) is 6.22. The molecule has 0 aliphatic heterocycles. The van der Waals surface area contributed by atoms with Gasteiger partial charge in [-0.3, -0.25) is 0 Å². The van der Waals surface area contributed by atoms with Gasteiger partial charge in [0.25, 0.3) is 0 Å². The highest BCUT2D eigenvalue weighted by Crippen LogP contribution is 2.31. The van der Waals surface area contributed by atoms with Crippen LogP contribution in [0.4, 0.5) is 5.82 Å². The molecular weight excluding hydrogens is 226 g/mol. The molecular formula is C14H17N3O. The van der Waals surface area contributed by atoms with Crippen LogP contribution in [0, 0.1) is 0 Å². The first-order chi connectivity index (χ1) is 8.78. The number of benzene rings is 1. The van der Waals surface area contributed by atoms with Crippen LogP contribution < -0.4 is 15.8 Å². The fourth-order valence-corrected chi connectivity index (χ4v) is 2.44. The average Bonchev–Trinajstić information content (AvgIpc) is 2.36. The summed E-state index contributed by atoms with van der Waals surface area (Å²) in [7, 11) is 1.69. The highest BCUT2D eigenvalue weighted by atomic mass is 16.5. The van der Waals surface area contributed by atoms with E-state index in [4.69, 9.17) is 10.5 Å². The maximum atomic E-state index is 5.80. The monoisotopic (exact) mass is 243 g/mol. The molecule has 0 saturated heterocycles. The lowest BCUT2D eigenvalue weighted by Gasteiger charge is -2.33. The van der Waals surface area contributed by atoms with Crippen LogP contribution in [0.3, 0.4) is 0 Å². The van der Waals surface area contributed by atoms with Crippen molar-refractivity contribution in [3.05, 3.63) is 30.5 Å². The van der Waals surface area contributed by atoms with Crippen molar-refractivity contribution in [2.24, 2.45) is 5.73 Å². The second-order valence-corrected chi connectivity index (χ2v) is 4.79. The fraction of sp³-hybridized carbons (Fsp3) is 0.357. The third-order valence-corrected chi connectivity index (χ3v) is 3.50. The molecule has 1 fully saturated rings. The minimum atomic E-state index is 0.340. The molecule has 3 N–H and O–H groups in total. The summed E-state index contributed by atoms with van der Waals surface area (Å²) in [5, 5.41) is 5.64. The Balaban J connectivity index is 1.96. The molecule has 1 aromatic heterocycles. The molecule has 3 rings (SSSR count). The topological polar surface area (TPSA) is 60.2 Å². The Morgan fingerprint density at radius 1 is 1.28 bits per heavy atom. The van der Waals surface area contributed by atoms with Gasteiger partial charge in [-0.25, -0.2) is 4.98 Å². The number of hydrogen-bond acceptors (Lipinski definition) is 4. The summed E-state index contributed by atoms with van der Waals surface area (Å²) in [5.74, 6) is 1.80. The Bertz CT molecular complexity index is 564. The van der Waals surface area contributed by atoms with E-state index in [1.807, 2.05) is 24.4 Å². The zero-order chi connectivity index (χ0) is 12.5. The minimum absolute atomic E-state index is 0.340. The van der Waals surface area contributed by atoms with Crippen LogP contribution >= 0.6 is 0 Å². The molecule has 94 valence electrons. The van der Waals surface area contributed by atoms with E-state index in [0.29, 0.717) is 12.1 Å². The zero-order valence-electron chi connectivity index (χ0n) is 10.4. The molecule has 1 heterocycles. The van der Waals surface area contributed by atoms with Gasteiger partial charge in [0.05, 0.1) is 7.11 Å². The summed E-state index contributed by atoms with van der Waals surface area (Å²) in [5.41, 5.74) is 5.80. The largest absolute Gasteiger partial charge is 0.496 e. The Labute approximate surface area is 106 Å². The van der Waals surface area contributed by atoms with Crippen molar-refractivity contribution in [2.75, 3.05) is 12.4 Å². The van der Waals surface area contributed by atoms with Gasteiger partial charge in [-0.15, -0.1) is 0 Å². The maximum Gasteiger partial charge on any atom is 0.134 e. The number of methoxy groups -OCH3 is 1. The van der Waals surface area contributed by atoms with Crippen LogP contribution in [0.2, 0.25) is 0 Å². The molecule has 0 atom stereocenters. The standard InChI is InChI=1S/C14H17N3O/c1-18-13-4-2-3-12-11(13)5-6-16-14(12)17-10-7-9(15)8-10/h2-6,9-10H,7-8,15H2,1H3,(H,16,17). The molecule has 2 aromatic rings. The number of nitrogens with two attached hydrogens (primary N) is 1. The molecule has 1 aliphatic rings. The first-order valence-electron chi connectivity index (χ1n) is 6.22. The van der Waals surface area contributed by atoms with Crippen LogP contribution in [0.5, 0.6) is 5.75 Å². The van der Waals surface area contributed by atoms with E-state index in [9.17, 15) is 0 Å². The smallest absolute Gasteiger partial charge is 0.134 e. The summed E-state index contributed by atoms with van der Waals surface area (Å²) in [6.45, 7) is 0. The van der Waals surface area contributed by atoms with E-state index in [0.717, 1.165) is 35.2 Å². The molecule has 0 bridgehead atoms. The highest BCUT2D eigenvalue weighted by Gasteiger charge is 2.26. The number of anilines is 1. The summed E-state index contributed by atoms with van der Waals surface area (Å²) in [4.78, 5) is 4.42. The predicted octanol–water partition coefficient (Wildman–Crippen LogP) is 2.14. The third-order valence-electron chi connectivity index (χ3n) is 3.50. The SMILES string of the molecule is COc1cccc2c(NC3CC(N)C3)nccc12. The van der Waals surface area contributed by atoms with Crippen molar-refractivity contribution in [1.82, 2.24) is 4.98 Å². The minimum Gasteiger partial charge on any atom is -0.496 e. The van der Waals surface area contributed by atoms with Gasteiger partial charge < -0.3 is 15.8 Å². The van der Waals surface area contributed by atoms with Crippen LogP contribution in [0.1, 0.15) is 12.8 Å². The van der Waals surface area contributed by atoms with Gasteiger partial charge in [0.15, 0.2) is 0 Å². The normalized spacial score (nSPS) is 22.6. The van der Waals surface area contributed by atoms with Crippen molar-refractivity contribution in [2.45, 2.75) is 24.9 Å². The highest BCUT2D eigenvalue weighted by molar-refractivity contribution is 5.95. The van der Waals surface area contributed by atoms with E-state index >= 15 is 0 Å². The molecule has 18 heavy (non-hydrogen) atoms. The second kappa shape index (κ2) is 4.46. The predicted molar refractivity (Wildman–Crippen MR) is 72.9 cm³/mol. The van der Waals surface area contributed by atoms with Gasteiger partial charge in [-0.05, 0) is 25.0 Å². The summed E-state index contributed by atoms with van der Waals surface area (Å²) in [6.07, 6.45) is 3.84. The number of aromatic nitrogens is 1. The van der Waals surface area contributed by atoms with Crippen molar-refractivity contribution in [3.8, 4) is 5.75 Å². The molecule has 0 radical (unpaired) electrons. The number of hydrogen-bond donors (Lipinski definition) is 2. The van der Waals surface area contributed by atoms with E-state index < -0.39 is 0 Å². The van der Waals surface area contributed by atoms with E-state index in [-0.39, 0.29) is 0 Å². The lowest BCUT2D eigenvalue weighted by Crippen LogP contribution is -2.44. The van der Waals surface area contributed by atoms with Crippen molar-refractivity contribution in [3.63, 3.8) is 0 Å². The van der Waals surface area contributed by atoms with Crippen molar-refractivity contribution in [1.29, 1.82) is 0 Å². The lowest BCUT2D eigenvalue weighted by molar-refractivity contribution is 0.373. The Hall–Kier alpha value is -1.81. The fourth-order valence-electron chi connectivity index (χ4n) is 2.44. The Morgan fingerprint density at radius 2 is 2.11 bits per heavy atom. The van der Waals surface area contributed by atoms with Gasteiger partial charge in [0, 0.05) is 29.1 Å². The molecule has 1 aromatic carbocycles. The molecule has 0 unspecified atom stereocenters. The van der Waals surface area contributed by atoms with Gasteiger partial charge >= 0.3 is 0 Å². The van der Waals surface area contributed by atoms with E-state index in [1.54, 1.807) is 7.11 Å². The van der Waals surface area contributed by atoms with Crippen LogP contribution in [0.25, 0.3) is 10.8 Å². The molecule has 4 nitrogen and oxygen atoms in total. The summed E-state index contributed by atoms with van der Waals surface area (Å²) in [6, 6.07) is 8.78. The van der Waals surface area contributed by atoms with Crippen molar-refractivity contribution >= 4 is 16.6 Å². The quantitative estimate of drug-likeness (QED) is 0.867. The molecule has 0 spiro atoms. The van der Waals surface area contributed by atoms with Crippen LogP contribution in [0.15, 0.2) is 30.5 Å². The first kappa shape index (κ1) is 11.3. The lowest BCUT2D eigenvalue weighted by atomic mass is 9.87. The number of fused-ring (bicyclic) bond motifs is 1. The van der Waals surface area contributed by atoms with Crippen molar-refractivity contribution < 1.29 is 4.74 Å². The zero-order valence-corrected chi connectivity index (χ0v) is 10.4. The van der Waals surface area contributed by atoms with Gasteiger partial charge in [-0.2, -0.15) is 0 Å². The van der Waals surface area contributed by atoms with E-state index in [2.05, 4.69) is 16.4 Å². The van der Waals surface area contributed by atoms with Gasteiger partial charge in [0.1, 0.15) is 11.6 Å². The second-order valence-electron chi connectivity index (χ2n) is 4.79. The Kier molecular flexibility index (Phi) is 2.80. The van der Waals surface area contributed by atoms with Crippen LogP contribution in [-0.2, 0) is 0 Å². The number of rotatable bonds is 3.